The van der Waals surface area contributed by atoms with Crippen LogP contribution >= 0.6 is 12.2 Å². The van der Waals surface area contributed by atoms with Crippen molar-refractivity contribution in [3.63, 3.8) is 0 Å². The smallest absolute Gasteiger partial charge is 0.226 e. The monoisotopic (exact) mass is 222 g/mol. The van der Waals surface area contributed by atoms with Crippen molar-refractivity contribution in [3.05, 3.63) is 29.8 Å². The van der Waals surface area contributed by atoms with Gasteiger partial charge in [-0.2, -0.15) is 0 Å². The molecular formula is C11H14N2OS. The van der Waals surface area contributed by atoms with Gasteiger partial charge in [0.15, 0.2) is 0 Å². The first kappa shape index (κ1) is 11.7. The number of carbonyl (C=O) groups is 1. The van der Waals surface area contributed by atoms with Crippen molar-refractivity contribution in [3.8, 4) is 0 Å². The van der Waals surface area contributed by atoms with Crippen LogP contribution in [0.15, 0.2) is 24.3 Å². The molecule has 3 nitrogen and oxygen atoms in total. The van der Waals surface area contributed by atoms with Gasteiger partial charge in [0.2, 0.25) is 5.91 Å². The molecule has 1 amide bonds. The third-order valence-electron chi connectivity index (χ3n) is 1.94. The summed E-state index contributed by atoms with van der Waals surface area (Å²) in [7, 11) is 0. The Hall–Kier alpha value is -1.42. The Morgan fingerprint density at radius 3 is 2.67 bits per heavy atom. The second kappa shape index (κ2) is 4.89. The van der Waals surface area contributed by atoms with Crippen LogP contribution in [0.5, 0.6) is 0 Å². The van der Waals surface area contributed by atoms with Crippen LogP contribution in [0, 0.1) is 5.92 Å². The van der Waals surface area contributed by atoms with Crippen molar-refractivity contribution in [2.75, 3.05) is 5.32 Å². The van der Waals surface area contributed by atoms with E-state index in [-0.39, 0.29) is 11.8 Å². The number of rotatable bonds is 3. The molecule has 4 heteroatoms. The Kier molecular flexibility index (Phi) is 3.80. The minimum absolute atomic E-state index is 0.0184. The summed E-state index contributed by atoms with van der Waals surface area (Å²) in [6.07, 6.45) is 0. The van der Waals surface area contributed by atoms with Gasteiger partial charge in [-0.3, -0.25) is 4.79 Å². The summed E-state index contributed by atoms with van der Waals surface area (Å²) >= 11 is 4.85. The first-order valence-electron chi connectivity index (χ1n) is 4.71. The average Bonchev–Trinajstić information content (AvgIpc) is 2.18. The largest absolute Gasteiger partial charge is 0.389 e. The van der Waals surface area contributed by atoms with E-state index >= 15 is 0 Å². The van der Waals surface area contributed by atoms with Crippen LogP contribution in [0.4, 0.5) is 5.69 Å². The number of carbonyl (C=O) groups excluding carboxylic acids is 1. The van der Waals surface area contributed by atoms with Crippen molar-refractivity contribution in [1.29, 1.82) is 0 Å². The van der Waals surface area contributed by atoms with Crippen LogP contribution in [-0.2, 0) is 4.79 Å². The molecule has 0 heterocycles. The van der Waals surface area contributed by atoms with Crippen molar-refractivity contribution >= 4 is 28.8 Å². The fourth-order valence-electron chi connectivity index (χ4n) is 1.04. The van der Waals surface area contributed by atoms with Gasteiger partial charge in [0, 0.05) is 17.2 Å². The quantitative estimate of drug-likeness (QED) is 0.768. The maximum atomic E-state index is 11.4. The number of nitrogens with one attached hydrogen (secondary N) is 1. The molecular weight excluding hydrogens is 208 g/mol. The Morgan fingerprint density at radius 1 is 1.47 bits per heavy atom. The zero-order valence-corrected chi connectivity index (χ0v) is 9.60. The minimum atomic E-state index is -0.0431. The number of nitrogens with two attached hydrogens (primary N) is 1. The van der Waals surface area contributed by atoms with Crippen LogP contribution < -0.4 is 11.1 Å². The average molecular weight is 222 g/mol. The highest BCUT2D eigenvalue weighted by atomic mass is 32.1. The Morgan fingerprint density at radius 2 is 2.13 bits per heavy atom. The molecule has 0 atom stereocenters. The van der Waals surface area contributed by atoms with Gasteiger partial charge < -0.3 is 11.1 Å². The number of amides is 1. The summed E-state index contributed by atoms with van der Waals surface area (Å²) in [5.74, 6) is -0.0615. The molecule has 80 valence electrons. The van der Waals surface area contributed by atoms with Crippen molar-refractivity contribution < 1.29 is 4.79 Å². The van der Waals surface area contributed by atoms with Crippen LogP contribution in [0.3, 0.4) is 0 Å². The van der Waals surface area contributed by atoms with Gasteiger partial charge in [0.05, 0.1) is 0 Å². The summed E-state index contributed by atoms with van der Waals surface area (Å²) in [6.45, 7) is 3.68. The number of hydrogen-bond donors (Lipinski definition) is 2. The summed E-state index contributed by atoms with van der Waals surface area (Å²) in [5.41, 5.74) is 6.97. The predicted octanol–water partition coefficient (Wildman–Crippen LogP) is 1.92. The van der Waals surface area contributed by atoms with Gasteiger partial charge in [-0.1, -0.05) is 38.2 Å². The summed E-state index contributed by atoms with van der Waals surface area (Å²) in [4.78, 5) is 11.7. The van der Waals surface area contributed by atoms with Crippen LogP contribution in [0.2, 0.25) is 0 Å². The maximum Gasteiger partial charge on any atom is 0.226 e. The topological polar surface area (TPSA) is 55.1 Å². The second-order valence-electron chi connectivity index (χ2n) is 3.59. The van der Waals surface area contributed by atoms with E-state index in [1.165, 1.54) is 0 Å². The molecule has 0 aromatic heterocycles. The fraction of sp³-hybridized carbons (Fsp3) is 0.273. The SMILES string of the molecule is CC(C)C(=O)Nc1cccc(C(N)=S)c1. The van der Waals surface area contributed by atoms with Crippen molar-refractivity contribution in [1.82, 2.24) is 0 Å². The highest BCUT2D eigenvalue weighted by Gasteiger charge is 2.07. The lowest BCUT2D eigenvalue weighted by atomic mass is 10.1. The van der Waals surface area contributed by atoms with E-state index in [0.717, 1.165) is 11.3 Å². The molecule has 0 aliphatic heterocycles. The standard InChI is InChI=1S/C11H14N2OS/c1-7(2)11(14)13-9-5-3-4-8(6-9)10(12)15/h3-7H,1-2H3,(H2,12,15)(H,13,14). The number of thiocarbonyl (C=S) groups is 1. The van der Waals surface area contributed by atoms with Crippen LogP contribution in [-0.4, -0.2) is 10.9 Å². The van der Waals surface area contributed by atoms with Gasteiger partial charge in [0.1, 0.15) is 4.99 Å². The fourth-order valence-corrected chi connectivity index (χ4v) is 1.16. The van der Waals surface area contributed by atoms with E-state index in [9.17, 15) is 4.79 Å². The van der Waals surface area contributed by atoms with E-state index in [4.69, 9.17) is 18.0 Å². The lowest BCUT2D eigenvalue weighted by Crippen LogP contribution is -2.18. The van der Waals surface area contributed by atoms with Gasteiger partial charge in [0.25, 0.3) is 0 Å². The zero-order chi connectivity index (χ0) is 11.4. The Balaban J connectivity index is 2.83. The van der Waals surface area contributed by atoms with Gasteiger partial charge in [-0.05, 0) is 12.1 Å². The molecule has 15 heavy (non-hydrogen) atoms. The highest BCUT2D eigenvalue weighted by molar-refractivity contribution is 7.80. The molecule has 0 fully saturated rings. The van der Waals surface area contributed by atoms with Gasteiger partial charge >= 0.3 is 0 Å². The summed E-state index contributed by atoms with van der Waals surface area (Å²) in [6, 6.07) is 7.20. The van der Waals surface area contributed by atoms with Gasteiger partial charge in [-0.15, -0.1) is 0 Å². The van der Waals surface area contributed by atoms with Crippen molar-refractivity contribution in [2.45, 2.75) is 13.8 Å². The molecule has 1 aromatic rings. The zero-order valence-electron chi connectivity index (χ0n) is 8.78. The normalized spacial score (nSPS) is 10.1. The molecule has 0 saturated heterocycles. The minimum Gasteiger partial charge on any atom is -0.389 e. The first-order valence-corrected chi connectivity index (χ1v) is 5.12. The summed E-state index contributed by atoms with van der Waals surface area (Å²) < 4.78 is 0. The molecule has 3 N–H and O–H groups in total. The summed E-state index contributed by atoms with van der Waals surface area (Å²) in [5, 5.41) is 2.78. The third-order valence-corrected chi connectivity index (χ3v) is 2.17. The predicted molar refractivity (Wildman–Crippen MR) is 65.8 cm³/mol. The molecule has 0 aliphatic rings. The molecule has 0 saturated carbocycles. The molecule has 0 radical (unpaired) electrons. The first-order chi connectivity index (χ1) is 7.00. The number of benzene rings is 1. The molecule has 1 aromatic carbocycles. The highest BCUT2D eigenvalue weighted by Crippen LogP contribution is 2.11. The Labute approximate surface area is 94.7 Å². The molecule has 1 rings (SSSR count). The third kappa shape index (κ3) is 3.32. The molecule has 0 spiro atoms. The van der Waals surface area contributed by atoms with E-state index < -0.39 is 0 Å². The number of anilines is 1. The maximum absolute atomic E-state index is 11.4. The second-order valence-corrected chi connectivity index (χ2v) is 4.03. The van der Waals surface area contributed by atoms with Crippen molar-refractivity contribution in [2.24, 2.45) is 11.7 Å². The molecule has 0 bridgehead atoms. The van der Waals surface area contributed by atoms with Gasteiger partial charge in [-0.25, -0.2) is 0 Å². The van der Waals surface area contributed by atoms with E-state index in [2.05, 4.69) is 5.32 Å². The van der Waals surface area contributed by atoms with Crippen LogP contribution in [0.25, 0.3) is 0 Å². The Bertz CT molecular complexity index is 388. The lowest BCUT2D eigenvalue weighted by molar-refractivity contribution is -0.118. The molecule has 0 unspecified atom stereocenters. The van der Waals surface area contributed by atoms with Crippen LogP contribution in [0.1, 0.15) is 19.4 Å². The van der Waals surface area contributed by atoms with E-state index in [0.29, 0.717) is 4.99 Å². The lowest BCUT2D eigenvalue weighted by Gasteiger charge is -2.08. The van der Waals surface area contributed by atoms with E-state index in [1.807, 2.05) is 32.0 Å². The number of hydrogen-bond acceptors (Lipinski definition) is 2. The molecule has 0 aliphatic carbocycles. The van der Waals surface area contributed by atoms with E-state index in [1.54, 1.807) is 6.07 Å².